The number of nitrogens with two attached hydrogens (primary N) is 1. The molecule has 1 saturated heterocycles. The lowest BCUT2D eigenvalue weighted by Gasteiger charge is -2.11. The molecule has 9 nitrogen and oxygen atoms in total. The summed E-state index contributed by atoms with van der Waals surface area (Å²) in [6, 6.07) is -4.41. The third kappa shape index (κ3) is 2.50. The Bertz CT molecular complexity index is 373. The zero-order chi connectivity index (χ0) is 13.3. The fourth-order valence-corrected chi connectivity index (χ4v) is 1.67. The molecular weight excluding hydrogens is 236 g/mol. The lowest BCUT2D eigenvalue weighted by Crippen LogP contribution is -2.36. The van der Waals surface area contributed by atoms with Gasteiger partial charge in [0.25, 0.3) is 0 Å². The highest BCUT2D eigenvalue weighted by atomic mass is 16.4. The molecule has 0 aromatic heterocycles. The van der Waals surface area contributed by atoms with Crippen LogP contribution in [0.2, 0.25) is 0 Å². The van der Waals surface area contributed by atoms with Crippen molar-refractivity contribution in [3.8, 4) is 0 Å². The Morgan fingerprint density at radius 3 is 1.71 bits per heavy atom. The SMILES string of the molecule is NC(=O)CC(C(=O)O)N1C(C(=O)O)C1C(=O)O. The normalized spacial score (nSPS) is 28.1. The van der Waals surface area contributed by atoms with Crippen LogP contribution in [-0.2, 0) is 19.2 Å². The van der Waals surface area contributed by atoms with Gasteiger partial charge in [0.2, 0.25) is 5.91 Å². The van der Waals surface area contributed by atoms with Crippen LogP contribution in [-0.4, -0.2) is 62.2 Å². The Morgan fingerprint density at radius 1 is 1.06 bits per heavy atom. The number of amides is 1. The van der Waals surface area contributed by atoms with E-state index in [-0.39, 0.29) is 0 Å². The van der Waals surface area contributed by atoms with Crippen LogP contribution in [0.5, 0.6) is 0 Å². The van der Waals surface area contributed by atoms with E-state index in [2.05, 4.69) is 0 Å². The lowest BCUT2D eigenvalue weighted by molar-refractivity contribution is -0.144. The fraction of sp³-hybridized carbons (Fsp3) is 0.500. The monoisotopic (exact) mass is 246 g/mol. The van der Waals surface area contributed by atoms with E-state index in [1.807, 2.05) is 0 Å². The molecule has 0 spiro atoms. The molecule has 1 fully saturated rings. The van der Waals surface area contributed by atoms with Gasteiger partial charge < -0.3 is 21.1 Å². The Morgan fingerprint density at radius 2 is 1.47 bits per heavy atom. The number of carboxylic acids is 3. The fourth-order valence-electron chi connectivity index (χ4n) is 1.67. The van der Waals surface area contributed by atoms with E-state index in [4.69, 9.17) is 21.1 Å². The Hall–Kier alpha value is -2.16. The highest BCUT2D eigenvalue weighted by Crippen LogP contribution is 2.33. The average molecular weight is 246 g/mol. The van der Waals surface area contributed by atoms with Crippen LogP contribution in [0, 0.1) is 0 Å². The summed E-state index contributed by atoms with van der Waals surface area (Å²) >= 11 is 0. The minimum Gasteiger partial charge on any atom is -0.480 e. The van der Waals surface area contributed by atoms with Crippen molar-refractivity contribution in [2.24, 2.45) is 5.73 Å². The van der Waals surface area contributed by atoms with Crippen molar-refractivity contribution in [1.82, 2.24) is 4.90 Å². The second-order valence-corrected chi connectivity index (χ2v) is 3.54. The van der Waals surface area contributed by atoms with Crippen molar-refractivity contribution in [3.63, 3.8) is 0 Å². The molecule has 1 heterocycles. The zero-order valence-corrected chi connectivity index (χ0v) is 8.44. The summed E-state index contributed by atoms with van der Waals surface area (Å²) in [4.78, 5) is 43.5. The number of aliphatic carboxylic acids is 3. The van der Waals surface area contributed by atoms with Gasteiger partial charge in [-0.05, 0) is 0 Å². The van der Waals surface area contributed by atoms with E-state index in [1.165, 1.54) is 0 Å². The van der Waals surface area contributed by atoms with Crippen LogP contribution in [0.25, 0.3) is 0 Å². The van der Waals surface area contributed by atoms with E-state index < -0.39 is 48.4 Å². The summed E-state index contributed by atoms with van der Waals surface area (Å²) in [5.41, 5.74) is 4.82. The van der Waals surface area contributed by atoms with Gasteiger partial charge in [-0.1, -0.05) is 0 Å². The predicted molar refractivity (Wildman–Crippen MR) is 49.9 cm³/mol. The van der Waals surface area contributed by atoms with E-state index in [0.29, 0.717) is 0 Å². The first-order chi connectivity index (χ1) is 7.77. The summed E-state index contributed by atoms with van der Waals surface area (Å²) in [7, 11) is 0. The topological polar surface area (TPSA) is 158 Å². The van der Waals surface area contributed by atoms with Crippen molar-refractivity contribution < 1.29 is 34.5 Å². The van der Waals surface area contributed by atoms with E-state index >= 15 is 0 Å². The van der Waals surface area contributed by atoms with Crippen LogP contribution in [0.15, 0.2) is 0 Å². The first-order valence-corrected chi connectivity index (χ1v) is 4.51. The highest BCUT2D eigenvalue weighted by molar-refractivity contribution is 5.94. The van der Waals surface area contributed by atoms with Crippen LogP contribution >= 0.6 is 0 Å². The van der Waals surface area contributed by atoms with Gasteiger partial charge >= 0.3 is 17.9 Å². The van der Waals surface area contributed by atoms with Crippen molar-refractivity contribution in [1.29, 1.82) is 0 Å². The minimum absolute atomic E-state index is 0.636. The molecule has 0 radical (unpaired) electrons. The van der Waals surface area contributed by atoms with Gasteiger partial charge in [0.15, 0.2) is 0 Å². The van der Waals surface area contributed by atoms with Crippen LogP contribution in [0.4, 0.5) is 0 Å². The molecule has 3 atom stereocenters. The predicted octanol–water partition coefficient (Wildman–Crippen LogP) is -2.46. The minimum atomic E-state index is -1.53. The number of primary amides is 1. The molecule has 0 aromatic carbocycles. The Labute approximate surface area is 94.4 Å². The molecule has 1 aliphatic heterocycles. The molecule has 17 heavy (non-hydrogen) atoms. The van der Waals surface area contributed by atoms with Gasteiger partial charge in [-0.15, -0.1) is 0 Å². The van der Waals surface area contributed by atoms with Gasteiger partial charge in [0, 0.05) is 0 Å². The number of rotatable bonds is 6. The molecule has 0 saturated carbocycles. The third-order valence-corrected chi connectivity index (χ3v) is 2.40. The molecule has 1 rings (SSSR count). The summed E-state index contributed by atoms with van der Waals surface area (Å²) < 4.78 is 0. The third-order valence-electron chi connectivity index (χ3n) is 2.40. The van der Waals surface area contributed by atoms with Crippen LogP contribution in [0.3, 0.4) is 0 Å². The smallest absolute Gasteiger partial charge is 0.323 e. The number of nitrogens with zero attached hydrogens (tertiary/aromatic N) is 1. The number of carboxylic acid groups (broad SMARTS) is 3. The van der Waals surface area contributed by atoms with E-state index in [9.17, 15) is 19.2 Å². The summed E-state index contributed by atoms with van der Waals surface area (Å²) in [5, 5.41) is 26.2. The first-order valence-electron chi connectivity index (χ1n) is 4.51. The van der Waals surface area contributed by atoms with Crippen molar-refractivity contribution in [2.75, 3.05) is 0 Å². The quantitative estimate of drug-likeness (QED) is 0.375. The molecule has 0 aliphatic carbocycles. The maximum atomic E-state index is 10.8. The standard InChI is InChI=1S/C8H10N2O7/c9-3(11)1-2(6(12)13)10-4(7(14)15)5(10)8(16)17/h2,4-5H,1H2,(H2,9,11)(H,12,13)(H,14,15)(H,16,17). The second-order valence-electron chi connectivity index (χ2n) is 3.54. The van der Waals surface area contributed by atoms with Gasteiger partial charge in [0.05, 0.1) is 6.42 Å². The van der Waals surface area contributed by atoms with Crippen LogP contribution in [0.1, 0.15) is 6.42 Å². The summed E-state index contributed by atoms with van der Waals surface area (Å²) in [6.45, 7) is 0. The molecule has 9 heteroatoms. The average Bonchev–Trinajstić information content (AvgIpc) is 2.87. The maximum Gasteiger partial charge on any atom is 0.323 e. The molecule has 0 aromatic rings. The molecule has 94 valence electrons. The molecular formula is C8H10N2O7. The van der Waals surface area contributed by atoms with Gasteiger partial charge in [-0.2, -0.15) is 0 Å². The van der Waals surface area contributed by atoms with Gasteiger partial charge in [0.1, 0.15) is 18.1 Å². The molecule has 1 amide bonds. The van der Waals surface area contributed by atoms with Crippen molar-refractivity contribution >= 4 is 23.8 Å². The van der Waals surface area contributed by atoms with Crippen molar-refractivity contribution in [2.45, 2.75) is 24.5 Å². The van der Waals surface area contributed by atoms with E-state index in [0.717, 1.165) is 4.90 Å². The molecule has 1 aliphatic rings. The molecule has 0 bridgehead atoms. The Balaban J connectivity index is 2.89. The number of carbonyl (C=O) groups is 4. The number of hydrogen-bond acceptors (Lipinski definition) is 5. The van der Waals surface area contributed by atoms with E-state index in [1.54, 1.807) is 0 Å². The van der Waals surface area contributed by atoms with Crippen LogP contribution < -0.4 is 5.73 Å². The second kappa shape index (κ2) is 4.37. The number of hydrogen-bond donors (Lipinski definition) is 4. The Kier molecular flexibility index (Phi) is 3.32. The van der Waals surface area contributed by atoms with Gasteiger partial charge in [-0.3, -0.25) is 24.1 Å². The summed E-state index contributed by atoms with van der Waals surface area (Å²) in [5.74, 6) is -5.34. The van der Waals surface area contributed by atoms with Gasteiger partial charge in [-0.25, -0.2) is 0 Å². The zero-order valence-electron chi connectivity index (χ0n) is 8.44. The van der Waals surface area contributed by atoms with Crippen molar-refractivity contribution in [3.05, 3.63) is 0 Å². The highest BCUT2D eigenvalue weighted by Gasteiger charge is 2.62. The molecule has 3 unspecified atom stereocenters. The lowest BCUT2D eigenvalue weighted by atomic mass is 10.2. The maximum absolute atomic E-state index is 10.8. The first kappa shape index (κ1) is 12.9. The number of carbonyl (C=O) groups excluding carboxylic acids is 1. The molecule has 5 N–H and O–H groups in total. The largest absolute Gasteiger partial charge is 0.480 e. The summed E-state index contributed by atoms with van der Waals surface area (Å²) in [6.07, 6.45) is -0.636.